The number of nitrogens with one attached hydrogen (secondary N) is 1. The molecule has 0 radical (unpaired) electrons. The van der Waals surface area contributed by atoms with Crippen molar-refractivity contribution in [2.45, 2.75) is 58.3 Å². The Labute approximate surface area is 131 Å². The van der Waals surface area contributed by atoms with Crippen LogP contribution in [0.1, 0.15) is 63.6 Å². The van der Waals surface area contributed by atoms with E-state index in [4.69, 9.17) is 4.52 Å². The summed E-state index contributed by atoms with van der Waals surface area (Å²) in [5, 5.41) is 6.89. The summed E-state index contributed by atoms with van der Waals surface area (Å²) < 4.78 is 5.18. The third kappa shape index (κ3) is 3.25. The van der Waals surface area contributed by atoms with E-state index < -0.39 is 0 Å². The third-order valence-electron chi connectivity index (χ3n) is 5.14. The van der Waals surface area contributed by atoms with Crippen LogP contribution >= 0.6 is 0 Å². The lowest BCUT2D eigenvalue weighted by atomic mass is 9.63. The molecule has 2 heterocycles. The summed E-state index contributed by atoms with van der Waals surface area (Å²) in [4.78, 5) is 18.4. The molecule has 0 atom stereocenters. The van der Waals surface area contributed by atoms with Crippen molar-refractivity contribution in [1.82, 2.24) is 20.4 Å². The predicted octanol–water partition coefficient (Wildman–Crippen LogP) is 2.71. The lowest BCUT2D eigenvalue weighted by molar-refractivity contribution is 0.0463. The highest BCUT2D eigenvalue weighted by molar-refractivity contribution is 5.74. The fraction of sp³-hybridized carbons (Fsp3) is 0.812. The molecule has 2 fully saturated rings. The molecule has 3 rings (SSSR count). The smallest absolute Gasteiger partial charge is 0.317 e. The fourth-order valence-corrected chi connectivity index (χ4v) is 3.35. The van der Waals surface area contributed by atoms with Crippen molar-refractivity contribution >= 4 is 6.03 Å². The molecule has 0 unspecified atom stereocenters. The van der Waals surface area contributed by atoms with E-state index in [0.717, 1.165) is 18.9 Å². The summed E-state index contributed by atoms with van der Waals surface area (Å²) in [5.41, 5.74) is 0.577. The van der Waals surface area contributed by atoms with Gasteiger partial charge in [-0.25, -0.2) is 4.79 Å². The van der Waals surface area contributed by atoms with Gasteiger partial charge in [0.2, 0.25) is 5.89 Å². The first-order valence-corrected chi connectivity index (χ1v) is 8.43. The zero-order chi connectivity index (χ0) is 15.6. The topological polar surface area (TPSA) is 71.3 Å². The first kappa shape index (κ1) is 15.3. The van der Waals surface area contributed by atoms with E-state index in [1.54, 1.807) is 0 Å². The molecule has 122 valence electrons. The first-order chi connectivity index (χ1) is 10.6. The van der Waals surface area contributed by atoms with Crippen LogP contribution in [0.15, 0.2) is 4.52 Å². The number of aromatic nitrogens is 2. The van der Waals surface area contributed by atoms with Crippen molar-refractivity contribution in [1.29, 1.82) is 0 Å². The van der Waals surface area contributed by atoms with E-state index in [0.29, 0.717) is 24.3 Å². The average Bonchev–Trinajstić information content (AvgIpc) is 2.95. The van der Waals surface area contributed by atoms with Gasteiger partial charge in [-0.05, 0) is 31.1 Å². The molecular weight excluding hydrogens is 280 g/mol. The SMILES string of the molecule is CC(C)c1noc(CCNC(=O)N2CCC3(CCC3)CC2)n1. The quantitative estimate of drug-likeness (QED) is 0.928. The first-order valence-electron chi connectivity index (χ1n) is 8.43. The molecule has 1 aromatic rings. The molecule has 6 heteroatoms. The number of piperidine rings is 1. The normalized spacial score (nSPS) is 20.2. The molecule has 1 spiro atoms. The van der Waals surface area contributed by atoms with Crippen LogP contribution in [0, 0.1) is 5.41 Å². The Kier molecular flexibility index (Phi) is 4.36. The Morgan fingerprint density at radius 3 is 2.59 bits per heavy atom. The summed E-state index contributed by atoms with van der Waals surface area (Å²) in [7, 11) is 0. The van der Waals surface area contributed by atoms with Gasteiger partial charge in [-0.1, -0.05) is 25.4 Å². The molecule has 2 amide bonds. The number of carbonyl (C=O) groups excluding carboxylic acids is 1. The average molecular weight is 306 g/mol. The molecule has 1 saturated heterocycles. The van der Waals surface area contributed by atoms with Gasteiger partial charge in [0.05, 0.1) is 0 Å². The van der Waals surface area contributed by atoms with Crippen molar-refractivity contribution in [3.63, 3.8) is 0 Å². The van der Waals surface area contributed by atoms with Crippen molar-refractivity contribution in [3.05, 3.63) is 11.7 Å². The van der Waals surface area contributed by atoms with Gasteiger partial charge in [-0.2, -0.15) is 4.98 Å². The summed E-state index contributed by atoms with van der Waals surface area (Å²) >= 11 is 0. The molecule has 1 saturated carbocycles. The zero-order valence-electron chi connectivity index (χ0n) is 13.6. The molecular formula is C16H26N4O2. The molecule has 6 nitrogen and oxygen atoms in total. The highest BCUT2D eigenvalue weighted by atomic mass is 16.5. The van der Waals surface area contributed by atoms with Crippen molar-refractivity contribution in [3.8, 4) is 0 Å². The predicted molar refractivity (Wildman–Crippen MR) is 82.6 cm³/mol. The molecule has 1 aliphatic heterocycles. The number of hydrogen-bond acceptors (Lipinski definition) is 4. The van der Waals surface area contributed by atoms with Gasteiger partial charge in [0.15, 0.2) is 5.82 Å². The number of rotatable bonds is 4. The Bertz CT molecular complexity index is 512. The summed E-state index contributed by atoms with van der Waals surface area (Å²) in [6, 6.07) is 0.0396. The van der Waals surface area contributed by atoms with Crippen LogP contribution in [0.4, 0.5) is 4.79 Å². The van der Waals surface area contributed by atoms with E-state index in [1.165, 1.54) is 32.1 Å². The summed E-state index contributed by atoms with van der Waals surface area (Å²) in [6.07, 6.45) is 7.01. The molecule has 1 aromatic heterocycles. The van der Waals surface area contributed by atoms with Crippen LogP contribution in [0.5, 0.6) is 0 Å². The van der Waals surface area contributed by atoms with Crippen LogP contribution in [0.3, 0.4) is 0 Å². The van der Waals surface area contributed by atoms with Gasteiger partial charge >= 0.3 is 6.03 Å². The maximum absolute atomic E-state index is 12.2. The number of carbonyl (C=O) groups is 1. The molecule has 1 aliphatic carbocycles. The number of hydrogen-bond donors (Lipinski definition) is 1. The van der Waals surface area contributed by atoms with Crippen molar-refractivity contribution in [2.75, 3.05) is 19.6 Å². The van der Waals surface area contributed by atoms with E-state index in [-0.39, 0.29) is 11.9 Å². The molecule has 22 heavy (non-hydrogen) atoms. The van der Waals surface area contributed by atoms with Crippen LogP contribution in [-0.4, -0.2) is 40.7 Å². The fourth-order valence-electron chi connectivity index (χ4n) is 3.35. The Morgan fingerprint density at radius 2 is 2.05 bits per heavy atom. The van der Waals surface area contributed by atoms with E-state index in [1.807, 2.05) is 18.7 Å². The second kappa shape index (κ2) is 6.26. The molecule has 1 N–H and O–H groups in total. The van der Waals surface area contributed by atoms with Gasteiger partial charge in [0, 0.05) is 32.0 Å². The van der Waals surface area contributed by atoms with Crippen molar-refractivity contribution < 1.29 is 9.32 Å². The van der Waals surface area contributed by atoms with E-state index in [2.05, 4.69) is 15.5 Å². The minimum atomic E-state index is 0.0396. The Morgan fingerprint density at radius 1 is 1.32 bits per heavy atom. The van der Waals surface area contributed by atoms with Crippen molar-refractivity contribution in [2.24, 2.45) is 5.41 Å². The van der Waals surface area contributed by atoms with Crippen LogP contribution in [0.25, 0.3) is 0 Å². The van der Waals surface area contributed by atoms with Gasteiger partial charge in [-0.3, -0.25) is 0 Å². The lowest BCUT2D eigenvalue weighted by Gasteiger charge is -2.47. The number of urea groups is 1. The van der Waals surface area contributed by atoms with Gasteiger partial charge < -0.3 is 14.7 Å². The molecule has 0 bridgehead atoms. The molecule has 2 aliphatic rings. The van der Waals surface area contributed by atoms with Crippen LogP contribution in [-0.2, 0) is 6.42 Å². The largest absolute Gasteiger partial charge is 0.339 e. The molecule has 0 aromatic carbocycles. The highest BCUT2D eigenvalue weighted by Crippen LogP contribution is 2.48. The van der Waals surface area contributed by atoms with Gasteiger partial charge in [0.1, 0.15) is 0 Å². The minimum absolute atomic E-state index is 0.0396. The zero-order valence-corrected chi connectivity index (χ0v) is 13.6. The summed E-state index contributed by atoms with van der Waals surface area (Å²) in [5.74, 6) is 1.58. The van der Waals surface area contributed by atoms with E-state index >= 15 is 0 Å². The lowest BCUT2D eigenvalue weighted by Crippen LogP contribution is -2.49. The van der Waals surface area contributed by atoms with E-state index in [9.17, 15) is 4.79 Å². The summed E-state index contributed by atoms with van der Waals surface area (Å²) in [6.45, 7) is 6.39. The minimum Gasteiger partial charge on any atom is -0.339 e. The highest BCUT2D eigenvalue weighted by Gasteiger charge is 2.40. The standard InChI is InChI=1S/C16H26N4O2/c1-12(2)14-18-13(22-19-14)4-9-17-15(21)20-10-7-16(8-11-20)5-3-6-16/h12H,3-11H2,1-2H3,(H,17,21). The van der Waals surface area contributed by atoms with Crippen LogP contribution < -0.4 is 5.32 Å². The second-order valence-corrected chi connectivity index (χ2v) is 7.02. The third-order valence-corrected chi connectivity index (χ3v) is 5.14. The Balaban J connectivity index is 1.39. The van der Waals surface area contributed by atoms with Gasteiger partial charge in [0.25, 0.3) is 0 Å². The maximum atomic E-state index is 12.2. The second-order valence-electron chi connectivity index (χ2n) is 7.02. The number of amides is 2. The number of nitrogens with zero attached hydrogens (tertiary/aromatic N) is 3. The van der Waals surface area contributed by atoms with Crippen LogP contribution in [0.2, 0.25) is 0 Å². The monoisotopic (exact) mass is 306 g/mol. The van der Waals surface area contributed by atoms with Gasteiger partial charge in [-0.15, -0.1) is 0 Å². The number of likely N-dealkylation sites (tertiary alicyclic amines) is 1. The Hall–Kier alpha value is -1.59. The maximum Gasteiger partial charge on any atom is 0.317 e.